The molecule has 0 fully saturated rings. The summed E-state index contributed by atoms with van der Waals surface area (Å²) in [7, 11) is 0. The van der Waals surface area contributed by atoms with Crippen molar-refractivity contribution in [2.75, 3.05) is 11.5 Å². The van der Waals surface area contributed by atoms with Crippen molar-refractivity contribution in [1.82, 2.24) is 9.97 Å². The molecule has 0 aliphatic rings. The molecular formula is C8H10N4S. The molecular weight excluding hydrogens is 184 g/mol. The van der Waals surface area contributed by atoms with Gasteiger partial charge in [0, 0.05) is 24.6 Å². The fourth-order valence-corrected chi connectivity index (χ4v) is 1.59. The Morgan fingerprint density at radius 3 is 2.92 bits per heavy atom. The minimum atomic E-state index is 0.462. The fourth-order valence-electron chi connectivity index (χ4n) is 0.767. The average Bonchev–Trinajstić information content (AvgIpc) is 2.15. The van der Waals surface area contributed by atoms with Gasteiger partial charge in [-0.1, -0.05) is 0 Å². The van der Waals surface area contributed by atoms with Crippen molar-refractivity contribution in [2.24, 2.45) is 0 Å². The summed E-state index contributed by atoms with van der Waals surface area (Å²) in [6.45, 7) is 0. The van der Waals surface area contributed by atoms with Crippen LogP contribution in [0, 0.1) is 11.3 Å². The van der Waals surface area contributed by atoms with Gasteiger partial charge in [-0.05, 0) is 6.42 Å². The Hall–Kier alpha value is -1.28. The fraction of sp³-hybridized carbons (Fsp3) is 0.375. The molecule has 0 aromatic carbocycles. The Morgan fingerprint density at radius 1 is 1.46 bits per heavy atom. The number of aromatic nitrogens is 2. The predicted octanol–water partition coefficient (Wildman–Crippen LogP) is 1.45. The lowest BCUT2D eigenvalue weighted by Gasteiger charge is -2.00. The summed E-state index contributed by atoms with van der Waals surface area (Å²) < 4.78 is 0. The Labute approximate surface area is 81.2 Å². The Balaban J connectivity index is 2.37. The Morgan fingerprint density at radius 2 is 2.23 bits per heavy atom. The van der Waals surface area contributed by atoms with E-state index in [0.717, 1.165) is 17.2 Å². The molecule has 0 aliphatic carbocycles. The van der Waals surface area contributed by atoms with Gasteiger partial charge in [-0.3, -0.25) is 0 Å². The van der Waals surface area contributed by atoms with Crippen molar-refractivity contribution in [1.29, 1.82) is 5.26 Å². The van der Waals surface area contributed by atoms with Crippen LogP contribution in [0.25, 0.3) is 0 Å². The molecule has 0 bridgehead atoms. The first-order valence-corrected chi connectivity index (χ1v) is 4.89. The van der Waals surface area contributed by atoms with Crippen LogP contribution in [0.5, 0.6) is 0 Å². The molecule has 0 unspecified atom stereocenters. The van der Waals surface area contributed by atoms with Crippen LogP contribution in [-0.2, 0) is 0 Å². The van der Waals surface area contributed by atoms with E-state index in [2.05, 4.69) is 16.0 Å². The van der Waals surface area contributed by atoms with E-state index in [1.54, 1.807) is 12.4 Å². The summed E-state index contributed by atoms with van der Waals surface area (Å²) in [4.78, 5) is 7.98. The summed E-state index contributed by atoms with van der Waals surface area (Å²) in [6, 6.07) is 2.09. The van der Waals surface area contributed by atoms with Crippen molar-refractivity contribution in [3.05, 3.63) is 12.4 Å². The van der Waals surface area contributed by atoms with E-state index in [-0.39, 0.29) is 0 Å². The highest BCUT2D eigenvalue weighted by Crippen LogP contribution is 2.20. The monoisotopic (exact) mass is 194 g/mol. The molecule has 0 saturated heterocycles. The van der Waals surface area contributed by atoms with Crippen molar-refractivity contribution >= 4 is 17.6 Å². The number of nitrogen functional groups attached to an aromatic ring is 1. The zero-order chi connectivity index (χ0) is 9.52. The zero-order valence-electron chi connectivity index (χ0n) is 7.10. The smallest absolute Gasteiger partial charge is 0.156 e. The lowest BCUT2D eigenvalue weighted by molar-refractivity contribution is 0.975. The van der Waals surface area contributed by atoms with Crippen molar-refractivity contribution in [3.63, 3.8) is 0 Å². The van der Waals surface area contributed by atoms with Gasteiger partial charge in [-0.15, -0.1) is 11.8 Å². The number of unbranched alkanes of at least 4 members (excludes halogenated alkanes) is 1. The molecule has 0 spiro atoms. The van der Waals surface area contributed by atoms with Gasteiger partial charge in [0.25, 0.3) is 0 Å². The number of hydrogen-bond acceptors (Lipinski definition) is 5. The average molecular weight is 194 g/mol. The predicted molar refractivity (Wildman–Crippen MR) is 52.0 cm³/mol. The third-order valence-electron chi connectivity index (χ3n) is 1.36. The first-order chi connectivity index (χ1) is 6.34. The summed E-state index contributed by atoms with van der Waals surface area (Å²) in [5.41, 5.74) is 5.58. The molecule has 0 saturated carbocycles. The second-order valence-corrected chi connectivity index (χ2v) is 3.44. The molecule has 4 nitrogen and oxygen atoms in total. The van der Waals surface area contributed by atoms with E-state index in [1.807, 2.05) is 0 Å². The van der Waals surface area contributed by atoms with E-state index < -0.39 is 0 Å². The lowest BCUT2D eigenvalue weighted by Crippen LogP contribution is -1.95. The first-order valence-electron chi connectivity index (χ1n) is 3.91. The molecule has 13 heavy (non-hydrogen) atoms. The van der Waals surface area contributed by atoms with Crippen molar-refractivity contribution in [3.8, 4) is 6.07 Å². The summed E-state index contributed by atoms with van der Waals surface area (Å²) in [5.74, 6) is 1.32. The topological polar surface area (TPSA) is 75.6 Å². The van der Waals surface area contributed by atoms with Gasteiger partial charge >= 0.3 is 0 Å². The van der Waals surface area contributed by atoms with Crippen LogP contribution in [0.15, 0.2) is 17.4 Å². The van der Waals surface area contributed by atoms with Gasteiger partial charge in [0.1, 0.15) is 5.03 Å². The molecule has 0 aliphatic heterocycles. The van der Waals surface area contributed by atoms with Gasteiger partial charge in [-0.2, -0.15) is 5.26 Å². The molecule has 68 valence electrons. The molecule has 1 heterocycles. The number of hydrogen-bond donors (Lipinski definition) is 1. The van der Waals surface area contributed by atoms with E-state index in [1.165, 1.54) is 11.8 Å². The number of anilines is 1. The molecule has 0 radical (unpaired) electrons. The van der Waals surface area contributed by atoms with Crippen LogP contribution in [0.3, 0.4) is 0 Å². The van der Waals surface area contributed by atoms with Crippen LogP contribution in [0.2, 0.25) is 0 Å². The third-order valence-corrected chi connectivity index (χ3v) is 2.44. The minimum absolute atomic E-state index is 0.462. The minimum Gasteiger partial charge on any atom is -0.381 e. The van der Waals surface area contributed by atoms with E-state index in [9.17, 15) is 0 Å². The first kappa shape index (κ1) is 9.81. The maximum Gasteiger partial charge on any atom is 0.156 e. The Bertz CT molecular complexity index is 307. The van der Waals surface area contributed by atoms with Gasteiger partial charge in [0.2, 0.25) is 0 Å². The largest absolute Gasteiger partial charge is 0.381 e. The summed E-state index contributed by atoms with van der Waals surface area (Å²) in [6.07, 6.45) is 4.61. The van der Waals surface area contributed by atoms with Gasteiger partial charge < -0.3 is 5.73 Å². The van der Waals surface area contributed by atoms with Gasteiger partial charge in [0.05, 0.1) is 6.07 Å². The zero-order valence-corrected chi connectivity index (χ0v) is 7.92. The molecule has 1 aromatic rings. The van der Waals surface area contributed by atoms with Crippen LogP contribution in [0.1, 0.15) is 12.8 Å². The second-order valence-electron chi connectivity index (χ2n) is 2.36. The van der Waals surface area contributed by atoms with Crippen LogP contribution in [-0.4, -0.2) is 15.7 Å². The third kappa shape index (κ3) is 3.30. The molecule has 0 atom stereocenters. The number of thioether (sulfide) groups is 1. The quantitative estimate of drug-likeness (QED) is 0.580. The molecule has 1 rings (SSSR count). The summed E-state index contributed by atoms with van der Waals surface area (Å²) >= 11 is 1.54. The lowest BCUT2D eigenvalue weighted by atomic mass is 10.4. The SMILES string of the molecule is N#CCCCSc1nccnc1N. The summed E-state index contributed by atoms with van der Waals surface area (Å²) in [5, 5.41) is 9.06. The second kappa shape index (κ2) is 5.38. The number of nitrogens with zero attached hydrogens (tertiary/aromatic N) is 3. The normalized spacial score (nSPS) is 9.46. The highest BCUT2D eigenvalue weighted by molar-refractivity contribution is 7.99. The van der Waals surface area contributed by atoms with Crippen molar-refractivity contribution in [2.45, 2.75) is 17.9 Å². The molecule has 2 N–H and O–H groups in total. The Kier molecular flexibility index (Phi) is 4.06. The highest BCUT2D eigenvalue weighted by Gasteiger charge is 2.00. The van der Waals surface area contributed by atoms with Crippen LogP contribution >= 0.6 is 11.8 Å². The van der Waals surface area contributed by atoms with Crippen molar-refractivity contribution < 1.29 is 0 Å². The van der Waals surface area contributed by atoms with E-state index in [4.69, 9.17) is 11.0 Å². The molecule has 0 amide bonds. The highest BCUT2D eigenvalue weighted by atomic mass is 32.2. The van der Waals surface area contributed by atoms with Crippen LogP contribution < -0.4 is 5.73 Å². The standard InChI is InChI=1S/C8H10N4S/c9-3-1-2-6-13-8-7(10)11-4-5-12-8/h4-5H,1-2,6H2,(H2,10,11). The molecule has 5 heteroatoms. The van der Waals surface area contributed by atoms with Gasteiger partial charge in [0.15, 0.2) is 5.82 Å². The van der Waals surface area contributed by atoms with E-state index >= 15 is 0 Å². The van der Waals surface area contributed by atoms with Crippen LogP contribution in [0.4, 0.5) is 5.82 Å². The van der Waals surface area contributed by atoms with E-state index in [0.29, 0.717) is 12.2 Å². The maximum atomic E-state index is 8.31. The number of nitrogens with two attached hydrogens (primary N) is 1. The number of nitriles is 1. The molecule has 1 aromatic heterocycles. The van der Waals surface area contributed by atoms with Gasteiger partial charge in [-0.25, -0.2) is 9.97 Å². The number of rotatable bonds is 4. The maximum absolute atomic E-state index is 8.31.